The quantitative estimate of drug-likeness (QED) is 0.248. The number of carbonyl (C=O) groups is 4. The molecule has 0 aliphatic carbocycles. The molecule has 2 aliphatic rings. The third-order valence-electron chi connectivity index (χ3n) is 6.81. The molecule has 5 rings (SSSR count). The van der Waals surface area contributed by atoms with Crippen molar-refractivity contribution in [2.24, 2.45) is 0 Å². The fraction of sp³-hybridized carbons (Fsp3) is 0.207. The highest BCUT2D eigenvalue weighted by atomic mass is 16.5. The molecule has 1 saturated heterocycles. The summed E-state index contributed by atoms with van der Waals surface area (Å²) in [6, 6.07) is 14.1. The number of benzene rings is 2. The van der Waals surface area contributed by atoms with E-state index in [0.717, 1.165) is 10.5 Å². The topological polar surface area (TPSA) is 127 Å². The number of pyridine rings is 1. The highest BCUT2D eigenvalue weighted by Gasteiger charge is 2.57. The van der Waals surface area contributed by atoms with Gasteiger partial charge in [0.15, 0.2) is 12.3 Å². The Bertz CT molecular complexity index is 1520. The van der Waals surface area contributed by atoms with Gasteiger partial charge in [0.25, 0.3) is 11.8 Å². The van der Waals surface area contributed by atoms with Crippen LogP contribution in [0.3, 0.4) is 0 Å². The molecule has 1 atom stereocenters. The lowest BCUT2D eigenvalue weighted by atomic mass is 9.96. The van der Waals surface area contributed by atoms with Crippen LogP contribution in [0.2, 0.25) is 0 Å². The summed E-state index contributed by atoms with van der Waals surface area (Å²) in [4.78, 5) is 59.1. The summed E-state index contributed by atoms with van der Waals surface area (Å²) >= 11 is 0. The molecule has 1 aromatic heterocycles. The van der Waals surface area contributed by atoms with Gasteiger partial charge in [0.2, 0.25) is 0 Å². The second kappa shape index (κ2) is 10.5. The number of hydrogen-bond donors (Lipinski definition) is 1. The number of hydrogen-bond acceptors (Lipinski definition) is 8. The number of methoxy groups -OCH3 is 1. The van der Waals surface area contributed by atoms with Crippen LogP contribution >= 0.6 is 0 Å². The van der Waals surface area contributed by atoms with E-state index in [9.17, 15) is 19.2 Å². The Hall–Kier alpha value is -5.19. The minimum absolute atomic E-state index is 0.113. The number of aryl methyl sites for hydroxylation is 1. The highest BCUT2D eigenvalue weighted by molar-refractivity contribution is 6.09. The smallest absolute Gasteiger partial charge is 0.339 e. The van der Waals surface area contributed by atoms with Gasteiger partial charge in [0.1, 0.15) is 17.3 Å². The summed E-state index contributed by atoms with van der Waals surface area (Å²) in [7, 11) is 1.50. The molecule has 204 valence electrons. The summed E-state index contributed by atoms with van der Waals surface area (Å²) in [6.45, 7) is 5.01. The van der Waals surface area contributed by atoms with E-state index >= 15 is 0 Å². The van der Waals surface area contributed by atoms with Gasteiger partial charge in [-0.05, 0) is 42.8 Å². The number of aromatic nitrogens is 1. The number of fused-ring (bicyclic) bond motifs is 1. The first-order chi connectivity index (χ1) is 19.2. The first kappa shape index (κ1) is 26.4. The summed E-state index contributed by atoms with van der Waals surface area (Å²) in [5.41, 5.74) is 0.228. The number of ether oxygens (including phenoxy) is 3. The average Bonchev–Trinajstić information content (AvgIpc) is 3.40. The fourth-order valence-electron chi connectivity index (χ4n) is 4.58. The predicted octanol–water partition coefficient (Wildman–Crippen LogP) is 3.05. The summed E-state index contributed by atoms with van der Waals surface area (Å²) < 4.78 is 16.5. The van der Waals surface area contributed by atoms with Crippen molar-refractivity contribution in [3.63, 3.8) is 0 Å². The lowest BCUT2D eigenvalue weighted by Crippen LogP contribution is -2.57. The van der Waals surface area contributed by atoms with E-state index in [1.807, 2.05) is 0 Å². The van der Waals surface area contributed by atoms with E-state index in [2.05, 4.69) is 16.9 Å². The standard InChI is InChI=1S/C29H26N4O7/c1-18-14-30-12-11-24(18)40-19(2)29(16-32-15-21-9-10-22(38-3)13-23(21)25(32)34)27(36)33(28(37)31-29)17-39-26(35)20-7-5-4-6-8-20/h4-14H,2,15-17H2,1,3H3,(H,31,37)/t29-/m0/s1. The molecule has 11 nitrogen and oxygen atoms in total. The Morgan fingerprint density at radius 1 is 1.12 bits per heavy atom. The second-order valence-corrected chi connectivity index (χ2v) is 9.35. The van der Waals surface area contributed by atoms with Crippen molar-refractivity contribution < 1.29 is 33.4 Å². The molecule has 1 N–H and O–H groups in total. The lowest BCUT2D eigenvalue weighted by Gasteiger charge is -2.32. The molecule has 0 saturated carbocycles. The normalized spacial score (nSPS) is 17.9. The van der Waals surface area contributed by atoms with Gasteiger partial charge in [0, 0.05) is 30.1 Å². The van der Waals surface area contributed by atoms with Crippen LogP contribution in [0.15, 0.2) is 79.3 Å². The summed E-state index contributed by atoms with van der Waals surface area (Å²) in [5, 5.41) is 2.65. The van der Waals surface area contributed by atoms with Crippen LogP contribution in [-0.2, 0) is 16.1 Å². The van der Waals surface area contributed by atoms with Crippen molar-refractivity contribution in [1.29, 1.82) is 0 Å². The molecule has 0 spiro atoms. The van der Waals surface area contributed by atoms with Crippen LogP contribution in [-0.4, -0.2) is 64.5 Å². The van der Waals surface area contributed by atoms with E-state index in [1.165, 1.54) is 18.2 Å². The molecule has 0 unspecified atom stereocenters. The maximum absolute atomic E-state index is 13.9. The van der Waals surface area contributed by atoms with Crippen LogP contribution in [0.1, 0.15) is 31.8 Å². The van der Waals surface area contributed by atoms with E-state index in [4.69, 9.17) is 14.2 Å². The zero-order valence-corrected chi connectivity index (χ0v) is 21.9. The van der Waals surface area contributed by atoms with Crippen LogP contribution in [0.5, 0.6) is 11.5 Å². The largest absolute Gasteiger partial charge is 0.497 e. The van der Waals surface area contributed by atoms with Crippen LogP contribution in [0.4, 0.5) is 4.79 Å². The number of nitrogens with zero attached hydrogens (tertiary/aromatic N) is 3. The molecule has 2 aliphatic heterocycles. The molecule has 1 fully saturated rings. The van der Waals surface area contributed by atoms with Gasteiger partial charge >= 0.3 is 12.0 Å². The Kier molecular flexibility index (Phi) is 6.95. The predicted molar refractivity (Wildman–Crippen MR) is 141 cm³/mol. The molecule has 0 radical (unpaired) electrons. The Morgan fingerprint density at radius 2 is 1.90 bits per heavy atom. The fourth-order valence-corrected chi connectivity index (χ4v) is 4.58. The van der Waals surface area contributed by atoms with Crippen LogP contribution in [0.25, 0.3) is 0 Å². The third kappa shape index (κ3) is 4.73. The highest BCUT2D eigenvalue weighted by Crippen LogP contribution is 2.34. The molecular formula is C29H26N4O7. The zero-order valence-electron chi connectivity index (χ0n) is 21.9. The van der Waals surface area contributed by atoms with Crippen molar-refractivity contribution in [1.82, 2.24) is 20.1 Å². The minimum atomic E-state index is -1.87. The number of esters is 1. The summed E-state index contributed by atoms with van der Waals surface area (Å²) in [6.07, 6.45) is 3.09. The molecular weight excluding hydrogens is 516 g/mol. The van der Waals surface area contributed by atoms with Gasteiger partial charge in [-0.3, -0.25) is 14.6 Å². The molecule has 2 aromatic carbocycles. The first-order valence-corrected chi connectivity index (χ1v) is 12.3. The van der Waals surface area contributed by atoms with Gasteiger partial charge in [-0.2, -0.15) is 0 Å². The SMILES string of the molecule is C=C(Oc1ccncc1C)[C@]1(CN2Cc3ccc(OC)cc3C2=O)NC(=O)N(COC(=O)c2ccccc2)C1=O. The van der Waals surface area contributed by atoms with Crippen molar-refractivity contribution in [3.8, 4) is 11.5 Å². The molecule has 4 amide bonds. The zero-order chi connectivity index (χ0) is 28.4. The van der Waals surface area contributed by atoms with Gasteiger partial charge < -0.3 is 24.4 Å². The lowest BCUT2D eigenvalue weighted by molar-refractivity contribution is -0.133. The maximum Gasteiger partial charge on any atom is 0.339 e. The number of amides is 4. The van der Waals surface area contributed by atoms with Crippen molar-refractivity contribution >= 4 is 23.8 Å². The van der Waals surface area contributed by atoms with Gasteiger partial charge in [-0.15, -0.1) is 0 Å². The van der Waals surface area contributed by atoms with Crippen molar-refractivity contribution in [2.45, 2.75) is 19.0 Å². The van der Waals surface area contributed by atoms with Gasteiger partial charge in [-0.25, -0.2) is 14.5 Å². The molecule has 11 heteroatoms. The minimum Gasteiger partial charge on any atom is -0.497 e. The second-order valence-electron chi connectivity index (χ2n) is 9.35. The molecule has 0 bridgehead atoms. The Morgan fingerprint density at radius 3 is 2.62 bits per heavy atom. The molecule has 3 aromatic rings. The monoisotopic (exact) mass is 542 g/mol. The number of nitrogens with one attached hydrogen (secondary N) is 1. The van der Waals surface area contributed by atoms with Crippen molar-refractivity contribution in [2.75, 3.05) is 20.4 Å². The van der Waals surface area contributed by atoms with E-state index in [1.54, 1.807) is 67.7 Å². The van der Waals surface area contributed by atoms with E-state index in [-0.39, 0.29) is 30.3 Å². The molecule has 40 heavy (non-hydrogen) atoms. The van der Waals surface area contributed by atoms with E-state index in [0.29, 0.717) is 22.6 Å². The van der Waals surface area contributed by atoms with Gasteiger partial charge in [0.05, 0.1) is 19.2 Å². The maximum atomic E-state index is 13.9. The number of rotatable bonds is 9. The Balaban J connectivity index is 1.43. The van der Waals surface area contributed by atoms with Gasteiger partial charge in [-0.1, -0.05) is 30.8 Å². The Labute approximate surface area is 229 Å². The first-order valence-electron chi connectivity index (χ1n) is 12.3. The van der Waals surface area contributed by atoms with Crippen LogP contribution in [0, 0.1) is 6.92 Å². The summed E-state index contributed by atoms with van der Waals surface area (Å²) in [5.74, 6) is -1.07. The molecule has 3 heterocycles. The van der Waals surface area contributed by atoms with Crippen LogP contribution < -0.4 is 14.8 Å². The van der Waals surface area contributed by atoms with E-state index < -0.39 is 30.2 Å². The number of imide groups is 1. The third-order valence-corrected chi connectivity index (χ3v) is 6.81. The average molecular weight is 543 g/mol. The number of urea groups is 1. The van der Waals surface area contributed by atoms with Crippen molar-refractivity contribution in [3.05, 3.63) is 102 Å². The number of carbonyl (C=O) groups excluding carboxylic acids is 4.